The van der Waals surface area contributed by atoms with Gasteiger partial charge < -0.3 is 15.5 Å². The number of carboxylic acid groups (broad SMARTS) is 1. The van der Waals surface area contributed by atoms with Crippen LogP contribution in [0.25, 0.3) is 9.40 Å². The quantitative estimate of drug-likeness (QED) is 0.796. The zero-order valence-electron chi connectivity index (χ0n) is 11.0. The first-order chi connectivity index (χ1) is 10.3. The van der Waals surface area contributed by atoms with E-state index in [1.165, 1.54) is 12.1 Å². The highest BCUT2D eigenvalue weighted by Gasteiger charge is 2.49. The van der Waals surface area contributed by atoms with Crippen LogP contribution in [0.3, 0.4) is 0 Å². The van der Waals surface area contributed by atoms with Gasteiger partial charge >= 0.3 is 5.97 Å². The molecule has 1 aliphatic carbocycles. The molecular formula is C13H11F2NO4S2. The number of hydrogen-bond donors (Lipinski definition) is 3. The molecule has 2 aromatic rings. The Morgan fingerprint density at radius 1 is 1.27 bits per heavy atom. The summed E-state index contributed by atoms with van der Waals surface area (Å²) in [7, 11) is 0. The van der Waals surface area contributed by atoms with Crippen LogP contribution in [0.1, 0.15) is 32.2 Å². The lowest BCUT2D eigenvalue weighted by Crippen LogP contribution is -2.44. The van der Waals surface area contributed by atoms with Gasteiger partial charge in [0.1, 0.15) is 11.0 Å². The van der Waals surface area contributed by atoms with E-state index >= 15 is 0 Å². The third-order valence-corrected chi connectivity index (χ3v) is 5.95. The summed E-state index contributed by atoms with van der Waals surface area (Å²) in [5.41, 5.74) is 0. The van der Waals surface area contributed by atoms with Crippen LogP contribution < -0.4 is 5.32 Å². The Bertz CT molecular complexity index is 723. The fraction of sp³-hybridized carbons (Fsp3) is 0.385. The number of rotatable bonds is 3. The average Bonchev–Trinajstić information content (AvgIpc) is 3.06. The number of carboxylic acids is 1. The van der Waals surface area contributed by atoms with Gasteiger partial charge in [0.25, 0.3) is 11.8 Å². The van der Waals surface area contributed by atoms with Crippen molar-refractivity contribution in [1.29, 1.82) is 0 Å². The summed E-state index contributed by atoms with van der Waals surface area (Å²) in [6.07, 6.45) is -2.32. The lowest BCUT2D eigenvalue weighted by Gasteiger charge is -2.19. The highest BCUT2D eigenvalue weighted by Crippen LogP contribution is 2.36. The molecule has 5 nitrogen and oxygen atoms in total. The Morgan fingerprint density at radius 2 is 1.91 bits per heavy atom. The zero-order valence-corrected chi connectivity index (χ0v) is 12.6. The standard InChI is InChI=1S/C13H11F2NO4S2/c14-13(15)2-1-6(9(13)17)16-10(18)7-3-5-4-8(11(19)20)22-12(5)21-7/h3-4,6,9,17H,1-2H2,(H,16,18)(H,19,20)/t6-,9+/m0/s1. The minimum absolute atomic E-state index is 0.0167. The van der Waals surface area contributed by atoms with Gasteiger partial charge in [0.05, 0.1) is 14.9 Å². The minimum atomic E-state index is -3.18. The SMILES string of the molecule is O=C(O)c1cc2cc(C(=O)N[C@H]3CCC(F)(F)[C@@H]3O)sc2s1. The second kappa shape index (κ2) is 5.25. The van der Waals surface area contributed by atoms with Crippen molar-refractivity contribution in [3.05, 3.63) is 21.9 Å². The molecule has 0 saturated heterocycles. The number of aliphatic hydroxyl groups is 1. The van der Waals surface area contributed by atoms with Crippen LogP contribution in [0.15, 0.2) is 12.1 Å². The molecule has 2 heterocycles. The number of amides is 1. The van der Waals surface area contributed by atoms with E-state index in [9.17, 15) is 23.5 Å². The van der Waals surface area contributed by atoms with Gasteiger partial charge in [0, 0.05) is 11.8 Å². The lowest BCUT2D eigenvalue weighted by molar-refractivity contribution is -0.0911. The van der Waals surface area contributed by atoms with Crippen LogP contribution in [-0.2, 0) is 0 Å². The fourth-order valence-corrected chi connectivity index (χ4v) is 4.58. The largest absolute Gasteiger partial charge is 0.477 e. The van der Waals surface area contributed by atoms with Crippen LogP contribution in [0.4, 0.5) is 8.78 Å². The smallest absolute Gasteiger partial charge is 0.345 e. The number of aromatic carboxylic acids is 1. The topological polar surface area (TPSA) is 86.6 Å². The maximum Gasteiger partial charge on any atom is 0.345 e. The van der Waals surface area contributed by atoms with Crippen molar-refractivity contribution >= 4 is 43.9 Å². The predicted octanol–water partition coefficient (Wildman–Crippen LogP) is 2.55. The first-order valence-electron chi connectivity index (χ1n) is 6.41. The van der Waals surface area contributed by atoms with E-state index < -0.39 is 36.4 Å². The average molecular weight is 347 g/mol. The molecule has 0 radical (unpaired) electrons. The molecule has 2 aromatic heterocycles. The molecule has 22 heavy (non-hydrogen) atoms. The van der Waals surface area contributed by atoms with Gasteiger partial charge in [-0.25, -0.2) is 13.6 Å². The third-order valence-electron chi connectivity index (χ3n) is 3.57. The molecule has 0 aromatic carbocycles. The van der Waals surface area contributed by atoms with Gasteiger partial charge in [-0.15, -0.1) is 22.7 Å². The number of carbonyl (C=O) groups excluding carboxylic acids is 1. The van der Waals surface area contributed by atoms with E-state index in [-0.39, 0.29) is 11.3 Å². The highest BCUT2D eigenvalue weighted by molar-refractivity contribution is 7.39. The van der Waals surface area contributed by atoms with Crippen LogP contribution >= 0.6 is 22.7 Å². The second-order valence-corrected chi connectivity index (χ2v) is 7.46. The van der Waals surface area contributed by atoms with Crippen molar-refractivity contribution in [2.75, 3.05) is 0 Å². The minimum Gasteiger partial charge on any atom is -0.477 e. The molecule has 0 aliphatic heterocycles. The van der Waals surface area contributed by atoms with Crippen LogP contribution in [0, 0.1) is 0 Å². The van der Waals surface area contributed by atoms with Crippen molar-refractivity contribution in [1.82, 2.24) is 5.32 Å². The molecule has 3 N–H and O–H groups in total. The number of hydrogen-bond acceptors (Lipinski definition) is 5. The van der Waals surface area contributed by atoms with Crippen LogP contribution in [-0.4, -0.2) is 40.2 Å². The number of halogens is 2. The molecule has 0 unspecified atom stereocenters. The Balaban J connectivity index is 1.75. The Kier molecular flexibility index (Phi) is 3.66. The normalized spacial score (nSPS) is 23.8. The lowest BCUT2D eigenvalue weighted by atomic mass is 10.2. The third kappa shape index (κ3) is 2.59. The Hall–Kier alpha value is -1.58. The molecule has 0 spiro atoms. The molecule has 1 saturated carbocycles. The van der Waals surface area contributed by atoms with E-state index in [0.717, 1.165) is 22.7 Å². The van der Waals surface area contributed by atoms with Gasteiger partial charge in [-0.05, 0) is 18.6 Å². The highest BCUT2D eigenvalue weighted by atomic mass is 32.2. The summed E-state index contributed by atoms with van der Waals surface area (Å²) in [6.45, 7) is 0. The van der Waals surface area contributed by atoms with Crippen molar-refractivity contribution in [2.45, 2.75) is 30.9 Å². The summed E-state index contributed by atoms with van der Waals surface area (Å²) in [6, 6.07) is 2.02. The summed E-state index contributed by atoms with van der Waals surface area (Å²) in [4.78, 5) is 23.4. The van der Waals surface area contributed by atoms with Gasteiger partial charge in [-0.1, -0.05) is 0 Å². The van der Waals surface area contributed by atoms with Gasteiger partial charge in [0.2, 0.25) is 0 Å². The fourth-order valence-electron chi connectivity index (χ4n) is 2.40. The van der Waals surface area contributed by atoms with E-state index in [4.69, 9.17) is 5.11 Å². The zero-order chi connectivity index (χ0) is 16.1. The van der Waals surface area contributed by atoms with Gasteiger partial charge in [0.15, 0.2) is 0 Å². The Morgan fingerprint density at radius 3 is 2.45 bits per heavy atom. The summed E-state index contributed by atoms with van der Waals surface area (Å²) in [5.74, 6) is -4.74. The molecule has 9 heteroatoms. The number of fused-ring (bicyclic) bond motifs is 1. The number of carbonyl (C=O) groups is 2. The summed E-state index contributed by atoms with van der Waals surface area (Å²) >= 11 is 2.16. The Labute approximate surface area is 131 Å². The van der Waals surface area contributed by atoms with Gasteiger partial charge in [-0.3, -0.25) is 4.79 Å². The predicted molar refractivity (Wildman–Crippen MR) is 78.1 cm³/mol. The first-order valence-corrected chi connectivity index (χ1v) is 8.04. The van der Waals surface area contributed by atoms with Crippen molar-refractivity contribution < 1.29 is 28.6 Å². The molecule has 2 atom stereocenters. The van der Waals surface area contributed by atoms with E-state index in [1.807, 2.05) is 0 Å². The monoisotopic (exact) mass is 347 g/mol. The summed E-state index contributed by atoms with van der Waals surface area (Å²) in [5, 5.41) is 21.4. The molecule has 3 rings (SSSR count). The molecule has 118 valence electrons. The van der Waals surface area contributed by atoms with Crippen molar-refractivity contribution in [2.24, 2.45) is 0 Å². The van der Waals surface area contributed by atoms with E-state index in [0.29, 0.717) is 14.3 Å². The number of aliphatic hydroxyl groups excluding tert-OH is 1. The molecular weight excluding hydrogens is 336 g/mol. The van der Waals surface area contributed by atoms with Crippen LogP contribution in [0.2, 0.25) is 0 Å². The second-order valence-electron chi connectivity index (χ2n) is 5.09. The summed E-state index contributed by atoms with van der Waals surface area (Å²) < 4.78 is 27.1. The molecule has 1 amide bonds. The number of thiophene rings is 2. The molecule has 1 aliphatic rings. The van der Waals surface area contributed by atoms with Crippen molar-refractivity contribution in [3.8, 4) is 0 Å². The number of alkyl halides is 2. The van der Waals surface area contributed by atoms with E-state index in [1.54, 1.807) is 0 Å². The maximum atomic E-state index is 13.2. The molecule has 1 fully saturated rings. The van der Waals surface area contributed by atoms with Crippen molar-refractivity contribution in [3.63, 3.8) is 0 Å². The maximum absolute atomic E-state index is 13.2. The first kappa shape index (κ1) is 15.3. The van der Waals surface area contributed by atoms with Crippen LogP contribution in [0.5, 0.6) is 0 Å². The molecule has 0 bridgehead atoms. The number of nitrogens with one attached hydrogen (secondary N) is 1. The van der Waals surface area contributed by atoms with Gasteiger partial charge in [-0.2, -0.15) is 0 Å². The van der Waals surface area contributed by atoms with E-state index in [2.05, 4.69) is 5.32 Å².